The van der Waals surface area contributed by atoms with Crippen LogP contribution in [0.2, 0.25) is 0 Å². The van der Waals surface area contributed by atoms with Crippen molar-refractivity contribution in [3.8, 4) is 12.3 Å². The summed E-state index contributed by atoms with van der Waals surface area (Å²) in [4.78, 5) is 37.1. The number of hydrogen-bond acceptors (Lipinski definition) is 5. The minimum absolute atomic E-state index is 0.378. The summed E-state index contributed by atoms with van der Waals surface area (Å²) < 4.78 is 0. The van der Waals surface area contributed by atoms with Crippen molar-refractivity contribution >= 4 is 23.5 Å². The summed E-state index contributed by atoms with van der Waals surface area (Å²) in [7, 11) is 2.57. The first-order valence-corrected chi connectivity index (χ1v) is 6.03. The molecule has 0 spiro atoms. The summed E-state index contributed by atoms with van der Waals surface area (Å²) in [5.41, 5.74) is 0.873. The van der Waals surface area contributed by atoms with Crippen molar-refractivity contribution in [2.45, 2.75) is 6.04 Å². The highest BCUT2D eigenvalue weighted by atomic mass is 16.2. The lowest BCUT2D eigenvalue weighted by atomic mass is 10.2. The number of imide groups is 2. The minimum atomic E-state index is -1.37. The molecule has 1 aromatic rings. The van der Waals surface area contributed by atoms with Gasteiger partial charge in [0.15, 0.2) is 0 Å². The van der Waals surface area contributed by atoms with Crippen LogP contribution in [0.25, 0.3) is 0 Å². The Labute approximate surface area is 121 Å². The zero-order valence-corrected chi connectivity index (χ0v) is 11.5. The first kappa shape index (κ1) is 14.4. The van der Waals surface area contributed by atoms with Crippen molar-refractivity contribution in [3.63, 3.8) is 0 Å². The molecule has 0 atom stereocenters. The van der Waals surface area contributed by atoms with Crippen LogP contribution in [0.3, 0.4) is 0 Å². The van der Waals surface area contributed by atoms with Gasteiger partial charge in [0.25, 0.3) is 11.8 Å². The number of nitrogens with zero attached hydrogens (tertiary/aromatic N) is 4. The molecule has 4 amide bonds. The number of terminal acetylenes is 1. The number of benzene rings is 1. The molecule has 7 heteroatoms. The number of likely N-dealkylation sites (N-methyl/N-ethyl adjacent to an activating group) is 2. The molecule has 1 aliphatic heterocycles. The quantitative estimate of drug-likeness (QED) is 0.464. The summed E-state index contributed by atoms with van der Waals surface area (Å²) in [5.74, 6) is 0.997. The molecule has 0 bridgehead atoms. The fourth-order valence-corrected chi connectivity index (χ4v) is 1.79. The number of carbonyl (C=O) groups is 3. The molecule has 0 radical (unpaired) electrons. The summed E-state index contributed by atoms with van der Waals surface area (Å²) in [6.45, 7) is 0. The molecule has 1 aromatic carbocycles. The number of rotatable bonds is 2. The third-order valence-electron chi connectivity index (χ3n) is 3.04. The molecule has 1 heterocycles. The molecule has 106 valence electrons. The number of hydrogen-bond donors (Lipinski definition) is 0. The molecule has 21 heavy (non-hydrogen) atoms. The maximum atomic E-state index is 11.9. The Morgan fingerprint density at radius 3 is 2.24 bits per heavy atom. The number of azo groups is 1. The molecule has 0 saturated carbocycles. The molecule has 0 aliphatic carbocycles. The van der Waals surface area contributed by atoms with Gasteiger partial charge in [0.1, 0.15) is 5.69 Å². The van der Waals surface area contributed by atoms with Gasteiger partial charge in [0.2, 0.25) is 6.04 Å². The van der Waals surface area contributed by atoms with Crippen LogP contribution in [0.5, 0.6) is 0 Å². The fourth-order valence-electron chi connectivity index (χ4n) is 1.79. The van der Waals surface area contributed by atoms with Crippen molar-refractivity contribution in [2.75, 3.05) is 14.1 Å². The van der Waals surface area contributed by atoms with Crippen LogP contribution >= 0.6 is 0 Å². The van der Waals surface area contributed by atoms with Crippen molar-refractivity contribution in [2.24, 2.45) is 10.2 Å². The highest BCUT2D eigenvalue weighted by Crippen LogP contribution is 2.20. The lowest BCUT2D eigenvalue weighted by Gasteiger charge is -2.30. The van der Waals surface area contributed by atoms with Crippen molar-refractivity contribution in [3.05, 3.63) is 29.8 Å². The molecule has 0 N–H and O–H groups in total. The van der Waals surface area contributed by atoms with Crippen molar-refractivity contribution < 1.29 is 14.4 Å². The molecule has 0 unspecified atom stereocenters. The summed E-state index contributed by atoms with van der Waals surface area (Å²) >= 11 is 0. The van der Waals surface area contributed by atoms with E-state index in [1.165, 1.54) is 14.1 Å². The van der Waals surface area contributed by atoms with Crippen LogP contribution in [-0.2, 0) is 9.59 Å². The van der Waals surface area contributed by atoms with Crippen molar-refractivity contribution in [1.29, 1.82) is 0 Å². The molecule has 2 rings (SSSR count). The van der Waals surface area contributed by atoms with Crippen LogP contribution in [0, 0.1) is 12.3 Å². The van der Waals surface area contributed by atoms with Crippen LogP contribution < -0.4 is 0 Å². The smallest absolute Gasteiger partial charge is 0.271 e. The Morgan fingerprint density at radius 1 is 1.10 bits per heavy atom. The Hall–Kier alpha value is -3.01. The van der Waals surface area contributed by atoms with Crippen LogP contribution in [-0.4, -0.2) is 47.8 Å². The Bertz CT molecular complexity index is 666. The molecule has 1 saturated heterocycles. The SMILES string of the molecule is C#Cc1ccccc1/N=N/C1C(=O)N(C)C(=O)N(C)C1=O. The van der Waals surface area contributed by atoms with Gasteiger partial charge < -0.3 is 0 Å². The predicted molar refractivity (Wildman–Crippen MR) is 73.6 cm³/mol. The maximum Gasteiger partial charge on any atom is 0.333 e. The van der Waals surface area contributed by atoms with E-state index >= 15 is 0 Å². The lowest BCUT2D eigenvalue weighted by Crippen LogP contribution is -2.58. The average molecular weight is 284 g/mol. The largest absolute Gasteiger partial charge is 0.333 e. The number of amides is 4. The Kier molecular flexibility index (Phi) is 3.80. The van der Waals surface area contributed by atoms with Crippen LogP contribution in [0.1, 0.15) is 5.56 Å². The Morgan fingerprint density at radius 2 is 1.67 bits per heavy atom. The lowest BCUT2D eigenvalue weighted by molar-refractivity contribution is -0.143. The molecule has 1 aliphatic rings. The van der Waals surface area contributed by atoms with Gasteiger partial charge in [-0.25, -0.2) is 4.79 Å². The molecular weight excluding hydrogens is 272 g/mol. The van der Waals surface area contributed by atoms with E-state index in [1.54, 1.807) is 24.3 Å². The number of barbiturate groups is 1. The molecular formula is C14H12N4O3. The van der Waals surface area contributed by atoms with Gasteiger partial charge in [0, 0.05) is 14.1 Å². The van der Waals surface area contributed by atoms with E-state index in [2.05, 4.69) is 16.1 Å². The standard InChI is InChI=1S/C14H12N4O3/c1-4-9-7-5-6-8-10(9)15-16-11-12(19)17(2)14(21)18(3)13(11)20/h1,5-8,11H,2-3H3/b16-15+. The van der Waals surface area contributed by atoms with E-state index < -0.39 is 23.9 Å². The van der Waals surface area contributed by atoms with Gasteiger partial charge in [-0.05, 0) is 12.1 Å². The average Bonchev–Trinajstić information content (AvgIpc) is 2.51. The topological polar surface area (TPSA) is 82.4 Å². The normalized spacial score (nSPS) is 16.7. The van der Waals surface area contributed by atoms with Gasteiger partial charge >= 0.3 is 6.03 Å². The number of urea groups is 1. The second-order valence-electron chi connectivity index (χ2n) is 4.36. The van der Waals surface area contributed by atoms with Gasteiger partial charge in [-0.2, -0.15) is 10.2 Å². The number of carbonyl (C=O) groups excluding carboxylic acids is 3. The summed E-state index contributed by atoms with van der Waals surface area (Å²) in [6.07, 6.45) is 5.33. The second-order valence-corrected chi connectivity index (χ2v) is 4.36. The highest BCUT2D eigenvalue weighted by molar-refractivity contribution is 6.18. The third kappa shape index (κ3) is 2.51. The van der Waals surface area contributed by atoms with Crippen LogP contribution in [0.15, 0.2) is 34.5 Å². The van der Waals surface area contributed by atoms with E-state index in [0.29, 0.717) is 11.3 Å². The zero-order chi connectivity index (χ0) is 15.6. The Balaban J connectivity index is 2.32. The fraction of sp³-hybridized carbons (Fsp3) is 0.214. The van der Waals surface area contributed by atoms with Gasteiger partial charge in [-0.3, -0.25) is 19.4 Å². The van der Waals surface area contributed by atoms with E-state index in [-0.39, 0.29) is 0 Å². The summed E-state index contributed by atoms with van der Waals surface area (Å²) in [6, 6.07) is 4.67. The van der Waals surface area contributed by atoms with Gasteiger partial charge in [-0.15, -0.1) is 6.42 Å². The first-order valence-electron chi connectivity index (χ1n) is 6.03. The van der Waals surface area contributed by atoms with Gasteiger partial charge in [0.05, 0.1) is 5.56 Å². The van der Waals surface area contributed by atoms with E-state index in [1.807, 2.05) is 0 Å². The minimum Gasteiger partial charge on any atom is -0.271 e. The predicted octanol–water partition coefficient (Wildman–Crippen LogP) is 1.17. The third-order valence-corrected chi connectivity index (χ3v) is 3.04. The monoisotopic (exact) mass is 284 g/mol. The van der Waals surface area contributed by atoms with Crippen molar-refractivity contribution in [1.82, 2.24) is 9.80 Å². The molecule has 0 aromatic heterocycles. The molecule has 1 fully saturated rings. The summed E-state index contributed by atoms with van der Waals surface area (Å²) in [5, 5.41) is 7.63. The van der Waals surface area contributed by atoms with E-state index in [0.717, 1.165) is 9.80 Å². The highest BCUT2D eigenvalue weighted by Gasteiger charge is 2.42. The van der Waals surface area contributed by atoms with E-state index in [9.17, 15) is 14.4 Å². The second kappa shape index (κ2) is 5.54. The maximum absolute atomic E-state index is 11.9. The molecule has 7 nitrogen and oxygen atoms in total. The van der Waals surface area contributed by atoms with E-state index in [4.69, 9.17) is 6.42 Å². The first-order chi connectivity index (χ1) is 9.97. The van der Waals surface area contributed by atoms with Crippen LogP contribution in [0.4, 0.5) is 10.5 Å². The zero-order valence-electron chi connectivity index (χ0n) is 11.5. The van der Waals surface area contributed by atoms with Gasteiger partial charge in [-0.1, -0.05) is 18.1 Å².